The minimum absolute atomic E-state index is 0.508. The second kappa shape index (κ2) is 4.85. The van der Waals surface area contributed by atoms with Crippen molar-refractivity contribution in [2.24, 2.45) is 11.8 Å². The van der Waals surface area contributed by atoms with Gasteiger partial charge in [-0.3, -0.25) is 0 Å². The van der Waals surface area contributed by atoms with E-state index < -0.39 is 0 Å². The number of hydrogen-bond donors (Lipinski definition) is 1. The van der Waals surface area contributed by atoms with Gasteiger partial charge >= 0.3 is 6.01 Å². The third kappa shape index (κ3) is 2.74. The average molecular weight is 223 g/mol. The molecule has 1 fully saturated rings. The molecule has 16 heavy (non-hydrogen) atoms. The van der Waals surface area contributed by atoms with Gasteiger partial charge in [-0.1, -0.05) is 25.9 Å². The molecule has 1 aromatic rings. The zero-order chi connectivity index (χ0) is 11.5. The van der Waals surface area contributed by atoms with Gasteiger partial charge in [0.2, 0.25) is 0 Å². The van der Waals surface area contributed by atoms with E-state index in [0.717, 1.165) is 18.3 Å². The quantitative estimate of drug-likeness (QED) is 0.852. The SMILES string of the molecule is CC(C)CNc1nc(C2CCC(C)C2)no1. The molecular weight excluding hydrogens is 202 g/mol. The molecule has 1 aliphatic carbocycles. The highest BCUT2D eigenvalue weighted by Crippen LogP contribution is 2.36. The van der Waals surface area contributed by atoms with E-state index in [1.54, 1.807) is 0 Å². The van der Waals surface area contributed by atoms with Crippen molar-refractivity contribution >= 4 is 6.01 Å². The molecule has 0 spiro atoms. The number of hydrogen-bond acceptors (Lipinski definition) is 4. The summed E-state index contributed by atoms with van der Waals surface area (Å²) in [6.07, 6.45) is 3.68. The van der Waals surface area contributed by atoms with Crippen LogP contribution in [0.4, 0.5) is 6.01 Å². The molecule has 2 rings (SSSR count). The third-order valence-electron chi connectivity index (χ3n) is 3.16. The fourth-order valence-corrected chi connectivity index (χ4v) is 2.21. The second-order valence-electron chi connectivity index (χ2n) is 5.35. The van der Waals surface area contributed by atoms with Crippen molar-refractivity contribution in [3.05, 3.63) is 5.82 Å². The monoisotopic (exact) mass is 223 g/mol. The van der Waals surface area contributed by atoms with Crippen LogP contribution in [0, 0.1) is 11.8 Å². The molecule has 1 aromatic heterocycles. The van der Waals surface area contributed by atoms with Gasteiger partial charge < -0.3 is 9.84 Å². The van der Waals surface area contributed by atoms with Crippen LogP contribution in [0.3, 0.4) is 0 Å². The molecule has 1 saturated carbocycles. The summed E-state index contributed by atoms with van der Waals surface area (Å²) in [5.74, 6) is 2.78. The normalized spacial score (nSPS) is 25.2. The van der Waals surface area contributed by atoms with Crippen LogP contribution >= 0.6 is 0 Å². The summed E-state index contributed by atoms with van der Waals surface area (Å²) in [5.41, 5.74) is 0. The van der Waals surface area contributed by atoms with Crippen LogP contribution < -0.4 is 5.32 Å². The largest absolute Gasteiger partial charge is 0.338 e. The Labute approximate surface area is 96.8 Å². The molecule has 90 valence electrons. The minimum atomic E-state index is 0.508. The molecule has 2 atom stereocenters. The van der Waals surface area contributed by atoms with Crippen molar-refractivity contribution in [3.8, 4) is 0 Å². The van der Waals surface area contributed by atoms with E-state index in [2.05, 4.69) is 36.2 Å². The maximum atomic E-state index is 5.19. The van der Waals surface area contributed by atoms with Crippen molar-refractivity contribution in [2.45, 2.75) is 46.0 Å². The van der Waals surface area contributed by atoms with Gasteiger partial charge in [-0.25, -0.2) is 0 Å². The fraction of sp³-hybridized carbons (Fsp3) is 0.833. The predicted molar refractivity (Wildman–Crippen MR) is 63.4 cm³/mol. The van der Waals surface area contributed by atoms with Crippen molar-refractivity contribution in [3.63, 3.8) is 0 Å². The number of nitrogens with zero attached hydrogens (tertiary/aromatic N) is 2. The van der Waals surface area contributed by atoms with E-state index in [1.807, 2.05) is 0 Å². The van der Waals surface area contributed by atoms with Crippen molar-refractivity contribution in [1.29, 1.82) is 0 Å². The zero-order valence-corrected chi connectivity index (χ0v) is 10.4. The summed E-state index contributed by atoms with van der Waals surface area (Å²) in [4.78, 5) is 4.41. The molecule has 0 bridgehead atoms. The second-order valence-corrected chi connectivity index (χ2v) is 5.35. The Morgan fingerprint density at radius 1 is 1.44 bits per heavy atom. The maximum Gasteiger partial charge on any atom is 0.321 e. The van der Waals surface area contributed by atoms with Crippen LogP contribution in [-0.4, -0.2) is 16.7 Å². The maximum absolute atomic E-state index is 5.19. The van der Waals surface area contributed by atoms with E-state index in [0.29, 0.717) is 17.9 Å². The van der Waals surface area contributed by atoms with Gasteiger partial charge in [-0.2, -0.15) is 4.98 Å². The van der Waals surface area contributed by atoms with Crippen LogP contribution in [0.2, 0.25) is 0 Å². The first-order valence-electron chi connectivity index (χ1n) is 6.22. The lowest BCUT2D eigenvalue weighted by Gasteiger charge is -2.03. The highest BCUT2D eigenvalue weighted by molar-refractivity contribution is 5.19. The predicted octanol–water partition coefficient (Wildman–Crippen LogP) is 3.04. The Hall–Kier alpha value is -1.06. The van der Waals surface area contributed by atoms with Crippen LogP contribution in [0.25, 0.3) is 0 Å². The van der Waals surface area contributed by atoms with Crippen LogP contribution in [0.5, 0.6) is 0 Å². The Bertz CT molecular complexity index is 335. The van der Waals surface area contributed by atoms with E-state index in [4.69, 9.17) is 4.52 Å². The van der Waals surface area contributed by atoms with Gasteiger partial charge in [0.25, 0.3) is 0 Å². The number of aromatic nitrogens is 2. The number of rotatable bonds is 4. The summed E-state index contributed by atoms with van der Waals surface area (Å²) >= 11 is 0. The van der Waals surface area contributed by atoms with Crippen LogP contribution in [-0.2, 0) is 0 Å². The first kappa shape index (κ1) is 11.4. The summed E-state index contributed by atoms with van der Waals surface area (Å²) in [7, 11) is 0. The summed E-state index contributed by atoms with van der Waals surface area (Å²) in [6, 6.07) is 0.572. The third-order valence-corrected chi connectivity index (χ3v) is 3.16. The molecule has 0 radical (unpaired) electrons. The fourth-order valence-electron chi connectivity index (χ4n) is 2.21. The standard InChI is InChI=1S/C12H21N3O/c1-8(2)7-13-12-14-11(15-16-12)10-5-4-9(3)6-10/h8-10H,4-7H2,1-3H3,(H,13,14,15). The van der Waals surface area contributed by atoms with E-state index in [1.165, 1.54) is 19.3 Å². The lowest BCUT2D eigenvalue weighted by molar-refractivity contribution is 0.413. The van der Waals surface area contributed by atoms with Gasteiger partial charge in [-0.05, 0) is 31.1 Å². The summed E-state index contributed by atoms with van der Waals surface area (Å²) < 4.78 is 5.19. The summed E-state index contributed by atoms with van der Waals surface area (Å²) in [6.45, 7) is 7.48. The van der Waals surface area contributed by atoms with Crippen molar-refractivity contribution in [2.75, 3.05) is 11.9 Å². The molecule has 1 N–H and O–H groups in total. The Kier molecular flexibility index (Phi) is 3.46. The number of anilines is 1. The molecule has 0 aliphatic heterocycles. The van der Waals surface area contributed by atoms with Gasteiger partial charge in [0.1, 0.15) is 0 Å². The first-order valence-corrected chi connectivity index (χ1v) is 6.22. The molecule has 4 heteroatoms. The Morgan fingerprint density at radius 2 is 2.25 bits per heavy atom. The van der Waals surface area contributed by atoms with E-state index in [9.17, 15) is 0 Å². The zero-order valence-electron chi connectivity index (χ0n) is 10.4. The first-order chi connectivity index (χ1) is 7.65. The Morgan fingerprint density at radius 3 is 2.88 bits per heavy atom. The van der Waals surface area contributed by atoms with E-state index in [-0.39, 0.29) is 0 Å². The lowest BCUT2D eigenvalue weighted by atomic mass is 10.1. The number of nitrogens with one attached hydrogen (secondary N) is 1. The average Bonchev–Trinajstić information content (AvgIpc) is 2.83. The smallest absolute Gasteiger partial charge is 0.321 e. The van der Waals surface area contributed by atoms with Crippen molar-refractivity contribution in [1.82, 2.24) is 10.1 Å². The molecule has 1 aliphatic rings. The van der Waals surface area contributed by atoms with Gasteiger partial charge in [0.15, 0.2) is 5.82 Å². The molecular formula is C12H21N3O. The van der Waals surface area contributed by atoms with Gasteiger partial charge in [0.05, 0.1) is 0 Å². The molecule has 1 heterocycles. The van der Waals surface area contributed by atoms with E-state index >= 15 is 0 Å². The van der Waals surface area contributed by atoms with Crippen LogP contribution in [0.15, 0.2) is 4.52 Å². The molecule has 4 nitrogen and oxygen atoms in total. The lowest BCUT2D eigenvalue weighted by Crippen LogP contribution is -2.08. The highest BCUT2D eigenvalue weighted by Gasteiger charge is 2.26. The molecule has 0 aromatic carbocycles. The minimum Gasteiger partial charge on any atom is -0.338 e. The molecule has 0 amide bonds. The molecule has 2 unspecified atom stereocenters. The topological polar surface area (TPSA) is 51.0 Å². The Balaban J connectivity index is 1.91. The van der Waals surface area contributed by atoms with Gasteiger partial charge in [0, 0.05) is 12.5 Å². The van der Waals surface area contributed by atoms with Crippen LogP contribution in [0.1, 0.15) is 51.8 Å². The van der Waals surface area contributed by atoms with Gasteiger partial charge in [-0.15, -0.1) is 0 Å². The summed E-state index contributed by atoms with van der Waals surface area (Å²) in [5, 5.41) is 7.22. The molecule has 0 saturated heterocycles. The highest BCUT2D eigenvalue weighted by atomic mass is 16.5. The van der Waals surface area contributed by atoms with Crippen molar-refractivity contribution < 1.29 is 4.52 Å².